The molecule has 0 spiro atoms. The molecule has 0 fully saturated rings. The van der Waals surface area contributed by atoms with E-state index in [1.54, 1.807) is 12.3 Å². The van der Waals surface area contributed by atoms with Gasteiger partial charge in [0.15, 0.2) is 0 Å². The van der Waals surface area contributed by atoms with E-state index in [4.69, 9.17) is 9.47 Å². The predicted molar refractivity (Wildman–Crippen MR) is 104 cm³/mol. The van der Waals surface area contributed by atoms with E-state index in [1.165, 1.54) is 11.6 Å². The third-order valence-corrected chi connectivity index (χ3v) is 3.93. The average molecular weight is 362 g/mol. The first-order valence-electron chi connectivity index (χ1n) is 8.80. The molecule has 0 aliphatic rings. The van der Waals surface area contributed by atoms with Crippen molar-refractivity contribution in [1.82, 2.24) is 9.78 Å². The first-order chi connectivity index (χ1) is 13.2. The van der Waals surface area contributed by atoms with Gasteiger partial charge in [-0.2, -0.15) is 5.10 Å². The molecule has 0 aliphatic carbocycles. The zero-order valence-electron chi connectivity index (χ0n) is 15.2. The lowest BCUT2D eigenvalue weighted by Gasteiger charge is -2.08. The number of hydrogen-bond acceptors (Lipinski definition) is 4. The van der Waals surface area contributed by atoms with Gasteiger partial charge in [-0.05, 0) is 30.2 Å². The summed E-state index contributed by atoms with van der Waals surface area (Å²) in [5.41, 5.74) is 3.07. The second-order valence-corrected chi connectivity index (χ2v) is 6.07. The van der Waals surface area contributed by atoms with Gasteiger partial charge in [-0.15, -0.1) is 0 Å². The minimum atomic E-state index is -0.404. The van der Waals surface area contributed by atoms with E-state index < -0.39 is 5.97 Å². The number of ether oxygens (including phenoxy) is 2. The third kappa shape index (κ3) is 5.85. The van der Waals surface area contributed by atoms with Gasteiger partial charge in [0, 0.05) is 17.8 Å². The highest BCUT2D eigenvalue weighted by molar-refractivity contribution is 5.86. The van der Waals surface area contributed by atoms with Gasteiger partial charge < -0.3 is 9.47 Å². The van der Waals surface area contributed by atoms with Crippen LogP contribution in [0.3, 0.4) is 0 Å². The fraction of sp³-hybridized carbons (Fsp3) is 0.182. The molecule has 0 atom stereocenters. The Labute approximate surface area is 158 Å². The standard InChI is InChI=1S/C22H22N2O3/c1-18-7-5-6-10-21(18)26-13-14-27-22(25)12-11-20-15-23-24(17-20)16-19-8-3-2-4-9-19/h2-12,15,17H,13-14,16H2,1H3/b12-11+. The van der Waals surface area contributed by atoms with Crippen LogP contribution in [0.25, 0.3) is 6.08 Å². The molecule has 0 aliphatic heterocycles. The Morgan fingerprint density at radius 2 is 1.85 bits per heavy atom. The van der Waals surface area contributed by atoms with Crippen LogP contribution in [-0.2, 0) is 16.1 Å². The monoisotopic (exact) mass is 362 g/mol. The van der Waals surface area contributed by atoms with Crippen molar-refractivity contribution in [3.05, 3.63) is 89.8 Å². The molecule has 0 N–H and O–H groups in total. The van der Waals surface area contributed by atoms with E-state index in [-0.39, 0.29) is 6.61 Å². The smallest absolute Gasteiger partial charge is 0.330 e. The number of rotatable bonds is 8. The second kappa shape index (κ2) is 9.38. The van der Waals surface area contributed by atoms with E-state index in [0.717, 1.165) is 16.9 Å². The first-order valence-corrected chi connectivity index (χ1v) is 8.80. The van der Waals surface area contributed by atoms with Gasteiger partial charge in [0.05, 0.1) is 12.7 Å². The van der Waals surface area contributed by atoms with Crippen LogP contribution in [0.4, 0.5) is 0 Å². The molecule has 2 aromatic carbocycles. The van der Waals surface area contributed by atoms with Gasteiger partial charge in [-0.3, -0.25) is 4.68 Å². The Bertz CT molecular complexity index is 901. The Hall–Kier alpha value is -3.34. The predicted octanol–water partition coefficient (Wildman–Crippen LogP) is 3.88. The normalized spacial score (nSPS) is 10.9. The van der Waals surface area contributed by atoms with Gasteiger partial charge in [0.2, 0.25) is 0 Å². The van der Waals surface area contributed by atoms with Crippen molar-refractivity contribution in [2.75, 3.05) is 13.2 Å². The zero-order chi connectivity index (χ0) is 18.9. The highest BCUT2D eigenvalue weighted by Gasteiger charge is 2.01. The molecule has 138 valence electrons. The number of esters is 1. The maximum Gasteiger partial charge on any atom is 0.330 e. The van der Waals surface area contributed by atoms with E-state index in [1.807, 2.05) is 72.4 Å². The first kappa shape index (κ1) is 18.5. The lowest BCUT2D eigenvalue weighted by molar-refractivity contribution is -0.138. The maximum absolute atomic E-state index is 11.8. The number of carbonyl (C=O) groups excluding carboxylic acids is 1. The van der Waals surface area contributed by atoms with Crippen molar-refractivity contribution in [3.8, 4) is 5.75 Å². The number of carbonyl (C=O) groups is 1. The van der Waals surface area contributed by atoms with Crippen molar-refractivity contribution < 1.29 is 14.3 Å². The Morgan fingerprint density at radius 3 is 2.67 bits per heavy atom. The van der Waals surface area contributed by atoms with Crippen LogP contribution in [0.2, 0.25) is 0 Å². The van der Waals surface area contributed by atoms with Gasteiger partial charge in [-0.25, -0.2) is 4.79 Å². The molecule has 1 aromatic heterocycles. The average Bonchev–Trinajstić information content (AvgIpc) is 3.13. The maximum atomic E-state index is 11.8. The lowest BCUT2D eigenvalue weighted by atomic mass is 10.2. The van der Waals surface area contributed by atoms with Crippen LogP contribution >= 0.6 is 0 Å². The largest absolute Gasteiger partial charge is 0.490 e. The van der Waals surface area contributed by atoms with Gasteiger partial charge in [0.25, 0.3) is 0 Å². The van der Waals surface area contributed by atoms with Crippen LogP contribution in [0, 0.1) is 6.92 Å². The van der Waals surface area contributed by atoms with E-state index in [0.29, 0.717) is 13.2 Å². The molecule has 5 nitrogen and oxygen atoms in total. The number of para-hydroxylation sites is 1. The zero-order valence-corrected chi connectivity index (χ0v) is 15.2. The van der Waals surface area contributed by atoms with Crippen molar-refractivity contribution >= 4 is 12.0 Å². The summed E-state index contributed by atoms with van der Waals surface area (Å²) >= 11 is 0. The number of hydrogen-bond donors (Lipinski definition) is 0. The number of benzene rings is 2. The summed E-state index contributed by atoms with van der Waals surface area (Å²) in [5.74, 6) is 0.397. The molecule has 3 aromatic rings. The summed E-state index contributed by atoms with van der Waals surface area (Å²) in [4.78, 5) is 11.8. The molecule has 0 bridgehead atoms. The van der Waals surface area contributed by atoms with E-state index >= 15 is 0 Å². The summed E-state index contributed by atoms with van der Waals surface area (Å²) in [6.45, 7) is 3.18. The van der Waals surface area contributed by atoms with Crippen LogP contribution in [-0.4, -0.2) is 29.0 Å². The molecule has 0 unspecified atom stereocenters. The third-order valence-electron chi connectivity index (χ3n) is 3.93. The summed E-state index contributed by atoms with van der Waals surface area (Å²) < 4.78 is 12.6. The summed E-state index contributed by atoms with van der Waals surface area (Å²) in [6, 6.07) is 17.8. The van der Waals surface area contributed by atoms with Crippen molar-refractivity contribution in [2.24, 2.45) is 0 Å². The molecule has 5 heteroatoms. The molecule has 0 amide bonds. The quantitative estimate of drug-likeness (QED) is 0.347. The molecule has 0 radical (unpaired) electrons. The van der Waals surface area contributed by atoms with Crippen LogP contribution in [0.1, 0.15) is 16.7 Å². The highest BCUT2D eigenvalue weighted by atomic mass is 16.6. The number of aromatic nitrogens is 2. The Balaban J connectivity index is 1.41. The minimum Gasteiger partial charge on any atom is -0.490 e. The van der Waals surface area contributed by atoms with Gasteiger partial charge >= 0.3 is 5.97 Å². The van der Waals surface area contributed by atoms with Gasteiger partial charge in [0.1, 0.15) is 19.0 Å². The summed E-state index contributed by atoms with van der Waals surface area (Å²) in [6.07, 6.45) is 6.70. The van der Waals surface area contributed by atoms with Crippen LogP contribution < -0.4 is 4.74 Å². The van der Waals surface area contributed by atoms with E-state index in [9.17, 15) is 4.79 Å². The van der Waals surface area contributed by atoms with Gasteiger partial charge in [-0.1, -0.05) is 48.5 Å². The summed E-state index contributed by atoms with van der Waals surface area (Å²) in [5, 5.41) is 4.30. The SMILES string of the molecule is Cc1ccccc1OCCOC(=O)/C=C/c1cnn(Cc2ccccc2)c1. The molecular weight excluding hydrogens is 340 g/mol. The second-order valence-electron chi connectivity index (χ2n) is 6.07. The van der Waals surface area contributed by atoms with Crippen LogP contribution in [0.15, 0.2) is 73.1 Å². The Morgan fingerprint density at radius 1 is 1.07 bits per heavy atom. The topological polar surface area (TPSA) is 53.4 Å². The fourth-order valence-corrected chi connectivity index (χ4v) is 2.55. The molecule has 0 saturated heterocycles. The van der Waals surface area contributed by atoms with Crippen molar-refractivity contribution in [1.29, 1.82) is 0 Å². The molecule has 0 saturated carbocycles. The molecular formula is C22H22N2O3. The van der Waals surface area contributed by atoms with Crippen LogP contribution in [0.5, 0.6) is 5.75 Å². The lowest BCUT2D eigenvalue weighted by Crippen LogP contribution is -2.10. The number of nitrogens with zero attached hydrogens (tertiary/aromatic N) is 2. The fourth-order valence-electron chi connectivity index (χ4n) is 2.55. The minimum absolute atomic E-state index is 0.199. The summed E-state index contributed by atoms with van der Waals surface area (Å²) in [7, 11) is 0. The van der Waals surface area contributed by atoms with Crippen molar-refractivity contribution in [2.45, 2.75) is 13.5 Å². The molecule has 27 heavy (non-hydrogen) atoms. The molecule has 1 heterocycles. The van der Waals surface area contributed by atoms with Crippen molar-refractivity contribution in [3.63, 3.8) is 0 Å². The molecule has 3 rings (SSSR count). The number of aryl methyl sites for hydroxylation is 1. The van der Waals surface area contributed by atoms with E-state index in [2.05, 4.69) is 5.10 Å². The highest BCUT2D eigenvalue weighted by Crippen LogP contribution is 2.15. The Kier molecular flexibility index (Phi) is 6.41.